The summed E-state index contributed by atoms with van der Waals surface area (Å²) in [5, 5.41) is 9.24. The number of carbonyl (C=O) groups is 2. The summed E-state index contributed by atoms with van der Waals surface area (Å²) in [6.45, 7) is 1.98. The molecule has 2 rings (SSSR count). The summed E-state index contributed by atoms with van der Waals surface area (Å²) in [6.07, 6.45) is 4.65. The Morgan fingerprint density at radius 2 is 1.65 bits per heavy atom. The van der Waals surface area contributed by atoms with Crippen LogP contribution in [0, 0.1) is 18.8 Å². The van der Waals surface area contributed by atoms with Gasteiger partial charge in [0.05, 0.1) is 11.8 Å². The maximum atomic E-state index is 12.5. The molecule has 1 aliphatic carbocycles. The maximum Gasteiger partial charge on any atom is 0.307 e. The van der Waals surface area contributed by atoms with Crippen molar-refractivity contribution >= 4 is 17.6 Å². The molecule has 4 nitrogen and oxygen atoms in total. The first-order chi connectivity index (χ1) is 9.50. The minimum atomic E-state index is -0.898. The lowest BCUT2D eigenvalue weighted by molar-refractivity contribution is -0.146. The van der Waals surface area contributed by atoms with Gasteiger partial charge in [-0.2, -0.15) is 0 Å². The van der Waals surface area contributed by atoms with Crippen LogP contribution >= 0.6 is 0 Å². The highest BCUT2D eigenvalue weighted by Crippen LogP contribution is 2.29. The number of hydrogen-bond donors (Lipinski definition) is 1. The Bertz CT molecular complexity index is 533. The topological polar surface area (TPSA) is 57.6 Å². The van der Waals surface area contributed by atoms with E-state index < -0.39 is 17.8 Å². The van der Waals surface area contributed by atoms with E-state index in [0.29, 0.717) is 12.8 Å². The van der Waals surface area contributed by atoms with Gasteiger partial charge in [0.25, 0.3) is 0 Å². The van der Waals surface area contributed by atoms with Crippen LogP contribution in [0.25, 0.3) is 0 Å². The third kappa shape index (κ3) is 2.90. The zero-order chi connectivity index (χ0) is 14.7. The van der Waals surface area contributed by atoms with Gasteiger partial charge in [0.1, 0.15) is 0 Å². The molecule has 2 atom stereocenters. The summed E-state index contributed by atoms with van der Waals surface area (Å²) in [6, 6.07) is 7.63. The zero-order valence-corrected chi connectivity index (χ0v) is 11.7. The Kier molecular flexibility index (Phi) is 4.23. The molecule has 0 bridgehead atoms. The normalized spacial score (nSPS) is 21.5. The molecule has 0 spiro atoms. The summed E-state index contributed by atoms with van der Waals surface area (Å²) in [5.41, 5.74) is 1.91. The van der Waals surface area contributed by atoms with Crippen LogP contribution in [0.2, 0.25) is 0 Å². The van der Waals surface area contributed by atoms with Gasteiger partial charge in [0.2, 0.25) is 5.91 Å². The van der Waals surface area contributed by atoms with Crippen LogP contribution in [0.3, 0.4) is 0 Å². The van der Waals surface area contributed by atoms with Crippen molar-refractivity contribution < 1.29 is 14.7 Å². The van der Waals surface area contributed by atoms with Gasteiger partial charge in [0, 0.05) is 12.7 Å². The molecule has 0 saturated carbocycles. The van der Waals surface area contributed by atoms with E-state index >= 15 is 0 Å². The van der Waals surface area contributed by atoms with Gasteiger partial charge in [-0.1, -0.05) is 29.8 Å². The zero-order valence-electron chi connectivity index (χ0n) is 11.7. The number of benzene rings is 1. The van der Waals surface area contributed by atoms with Crippen LogP contribution in [-0.4, -0.2) is 24.0 Å². The molecule has 0 fully saturated rings. The number of aryl methyl sites for hydroxylation is 1. The first-order valence-corrected chi connectivity index (χ1v) is 6.72. The van der Waals surface area contributed by atoms with Crippen molar-refractivity contribution in [2.24, 2.45) is 11.8 Å². The van der Waals surface area contributed by atoms with E-state index in [-0.39, 0.29) is 5.91 Å². The van der Waals surface area contributed by atoms with Crippen LogP contribution < -0.4 is 4.90 Å². The monoisotopic (exact) mass is 273 g/mol. The van der Waals surface area contributed by atoms with Gasteiger partial charge >= 0.3 is 5.97 Å². The Balaban J connectivity index is 2.19. The van der Waals surface area contributed by atoms with Crippen molar-refractivity contribution in [3.63, 3.8) is 0 Å². The Labute approximate surface area is 118 Å². The fourth-order valence-corrected chi connectivity index (χ4v) is 2.50. The van der Waals surface area contributed by atoms with E-state index in [2.05, 4.69) is 0 Å². The van der Waals surface area contributed by atoms with Crippen molar-refractivity contribution in [3.8, 4) is 0 Å². The Hall–Kier alpha value is -2.10. The van der Waals surface area contributed by atoms with Gasteiger partial charge in [-0.15, -0.1) is 0 Å². The van der Waals surface area contributed by atoms with Crippen molar-refractivity contribution in [2.45, 2.75) is 19.8 Å². The van der Waals surface area contributed by atoms with Crippen molar-refractivity contribution in [1.29, 1.82) is 0 Å². The predicted octanol–water partition coefficient (Wildman–Crippen LogP) is 2.62. The lowest BCUT2D eigenvalue weighted by Gasteiger charge is -2.28. The fraction of sp³-hybridized carbons (Fsp3) is 0.375. The second-order valence-corrected chi connectivity index (χ2v) is 5.23. The van der Waals surface area contributed by atoms with Crippen LogP contribution in [0.5, 0.6) is 0 Å². The second kappa shape index (κ2) is 5.90. The minimum Gasteiger partial charge on any atom is -0.481 e. The smallest absolute Gasteiger partial charge is 0.307 e. The highest BCUT2D eigenvalue weighted by atomic mass is 16.4. The molecule has 20 heavy (non-hydrogen) atoms. The van der Waals surface area contributed by atoms with Crippen molar-refractivity contribution in [2.75, 3.05) is 11.9 Å². The summed E-state index contributed by atoms with van der Waals surface area (Å²) < 4.78 is 0. The van der Waals surface area contributed by atoms with E-state index in [0.717, 1.165) is 11.3 Å². The maximum absolute atomic E-state index is 12.5. The van der Waals surface area contributed by atoms with Gasteiger partial charge in [-0.3, -0.25) is 9.59 Å². The van der Waals surface area contributed by atoms with Gasteiger partial charge in [0.15, 0.2) is 0 Å². The number of hydrogen-bond acceptors (Lipinski definition) is 2. The molecule has 1 aromatic rings. The standard InChI is InChI=1S/C16H19NO3/c1-11-7-9-12(10-8-11)17(2)15(18)13-5-3-4-6-14(13)16(19)20/h3-4,7-10,13-14H,5-6H2,1-2H3,(H,19,20)/t13-,14+/m1/s1. The molecular formula is C16H19NO3. The number of carbonyl (C=O) groups excluding carboxylic acids is 1. The Morgan fingerprint density at radius 1 is 1.10 bits per heavy atom. The van der Waals surface area contributed by atoms with Crippen molar-refractivity contribution in [1.82, 2.24) is 0 Å². The van der Waals surface area contributed by atoms with E-state index in [1.165, 1.54) is 0 Å². The van der Waals surface area contributed by atoms with Gasteiger partial charge in [-0.05, 0) is 31.9 Å². The largest absolute Gasteiger partial charge is 0.481 e. The lowest BCUT2D eigenvalue weighted by Crippen LogP contribution is -2.40. The highest BCUT2D eigenvalue weighted by molar-refractivity contribution is 5.97. The third-order valence-corrected chi connectivity index (χ3v) is 3.82. The van der Waals surface area contributed by atoms with E-state index in [1.54, 1.807) is 11.9 Å². The van der Waals surface area contributed by atoms with Crippen LogP contribution in [-0.2, 0) is 9.59 Å². The summed E-state index contributed by atoms with van der Waals surface area (Å²) in [7, 11) is 1.70. The number of carboxylic acid groups (broad SMARTS) is 1. The minimum absolute atomic E-state index is 0.134. The first-order valence-electron chi connectivity index (χ1n) is 6.72. The first kappa shape index (κ1) is 14.3. The molecule has 1 N–H and O–H groups in total. The average Bonchev–Trinajstić information content (AvgIpc) is 2.46. The molecule has 4 heteroatoms. The van der Waals surface area contributed by atoms with E-state index in [4.69, 9.17) is 0 Å². The fourth-order valence-electron chi connectivity index (χ4n) is 2.50. The summed E-state index contributed by atoms with van der Waals surface area (Å²) >= 11 is 0. The molecule has 0 aromatic heterocycles. The van der Waals surface area contributed by atoms with Crippen LogP contribution in [0.15, 0.2) is 36.4 Å². The average molecular weight is 273 g/mol. The van der Waals surface area contributed by atoms with Crippen LogP contribution in [0.1, 0.15) is 18.4 Å². The summed E-state index contributed by atoms with van der Waals surface area (Å²) in [5.74, 6) is -2.14. The Morgan fingerprint density at radius 3 is 2.20 bits per heavy atom. The molecular weight excluding hydrogens is 254 g/mol. The SMILES string of the molecule is Cc1ccc(N(C)C(=O)[C@@H]2CC=CC[C@@H]2C(=O)O)cc1. The van der Waals surface area contributed by atoms with Gasteiger partial charge < -0.3 is 10.0 Å². The highest BCUT2D eigenvalue weighted by Gasteiger charge is 2.35. The van der Waals surface area contributed by atoms with Gasteiger partial charge in [-0.25, -0.2) is 0 Å². The molecule has 0 radical (unpaired) electrons. The predicted molar refractivity (Wildman–Crippen MR) is 77.6 cm³/mol. The van der Waals surface area contributed by atoms with Crippen LogP contribution in [0.4, 0.5) is 5.69 Å². The quantitative estimate of drug-likeness (QED) is 0.861. The molecule has 0 saturated heterocycles. The number of aliphatic carboxylic acids is 1. The number of anilines is 1. The number of rotatable bonds is 3. The molecule has 0 heterocycles. The molecule has 106 valence electrons. The number of amides is 1. The molecule has 0 unspecified atom stereocenters. The number of carboxylic acids is 1. The molecule has 0 aliphatic heterocycles. The number of nitrogens with zero attached hydrogens (tertiary/aromatic N) is 1. The van der Waals surface area contributed by atoms with E-state index in [1.807, 2.05) is 43.3 Å². The molecule has 1 aromatic carbocycles. The number of allylic oxidation sites excluding steroid dienone is 2. The third-order valence-electron chi connectivity index (χ3n) is 3.82. The second-order valence-electron chi connectivity index (χ2n) is 5.23. The van der Waals surface area contributed by atoms with E-state index in [9.17, 15) is 14.7 Å². The molecule has 1 amide bonds. The van der Waals surface area contributed by atoms with Crippen molar-refractivity contribution in [3.05, 3.63) is 42.0 Å². The molecule has 1 aliphatic rings. The summed E-state index contributed by atoms with van der Waals surface area (Å²) in [4.78, 5) is 25.4. The lowest BCUT2D eigenvalue weighted by atomic mass is 9.82.